The minimum atomic E-state index is -0.225. The number of hydrogen-bond donors (Lipinski definition) is 1. The van der Waals surface area contributed by atoms with Crippen LogP contribution in [0, 0.1) is 5.82 Å². The van der Waals surface area contributed by atoms with Crippen LogP contribution in [0.5, 0.6) is 5.75 Å². The van der Waals surface area contributed by atoms with E-state index in [2.05, 4.69) is 31.3 Å². The lowest BCUT2D eigenvalue weighted by atomic mass is 10.1. The molecule has 2 aromatic rings. The molecule has 0 aliphatic heterocycles. The monoisotopic (exact) mass is 287 g/mol. The van der Waals surface area contributed by atoms with Crippen LogP contribution in [-0.2, 0) is 6.61 Å². The molecule has 0 aliphatic rings. The molecule has 1 N–H and O–H groups in total. The van der Waals surface area contributed by atoms with Crippen LogP contribution in [-0.4, -0.2) is 6.54 Å². The maximum absolute atomic E-state index is 12.8. The van der Waals surface area contributed by atoms with E-state index < -0.39 is 0 Å². The third-order valence-corrected chi connectivity index (χ3v) is 3.40. The van der Waals surface area contributed by atoms with Crippen LogP contribution in [0.25, 0.3) is 0 Å². The largest absolute Gasteiger partial charge is 0.489 e. The standard InChI is InChI=1S/C18H22FNO/c1-3-12-20-14(2)16-6-10-18(11-7-16)21-13-15-4-8-17(19)9-5-15/h4-11,14,20H,3,12-13H2,1-2H3. The predicted octanol–water partition coefficient (Wildman–Crippen LogP) is 4.47. The third kappa shape index (κ3) is 4.87. The van der Waals surface area contributed by atoms with Crippen molar-refractivity contribution in [2.75, 3.05) is 6.54 Å². The van der Waals surface area contributed by atoms with Gasteiger partial charge in [0.15, 0.2) is 0 Å². The molecule has 112 valence electrons. The second kappa shape index (κ2) is 7.79. The average Bonchev–Trinajstić information content (AvgIpc) is 2.52. The van der Waals surface area contributed by atoms with Crippen LogP contribution in [0.4, 0.5) is 4.39 Å². The van der Waals surface area contributed by atoms with E-state index in [4.69, 9.17) is 4.74 Å². The lowest BCUT2D eigenvalue weighted by molar-refractivity contribution is 0.306. The van der Waals surface area contributed by atoms with Gasteiger partial charge >= 0.3 is 0 Å². The predicted molar refractivity (Wildman–Crippen MR) is 83.9 cm³/mol. The number of rotatable bonds is 7. The minimum absolute atomic E-state index is 0.225. The van der Waals surface area contributed by atoms with E-state index in [1.54, 1.807) is 12.1 Å². The van der Waals surface area contributed by atoms with Gasteiger partial charge in [0.2, 0.25) is 0 Å². The lowest BCUT2D eigenvalue weighted by Crippen LogP contribution is -2.19. The van der Waals surface area contributed by atoms with Crippen LogP contribution in [0.15, 0.2) is 48.5 Å². The molecule has 3 heteroatoms. The van der Waals surface area contributed by atoms with Crippen LogP contribution < -0.4 is 10.1 Å². The van der Waals surface area contributed by atoms with Gasteiger partial charge < -0.3 is 10.1 Å². The Morgan fingerprint density at radius 1 is 1.05 bits per heavy atom. The second-order valence-electron chi connectivity index (χ2n) is 5.16. The number of ether oxygens (including phenoxy) is 1. The SMILES string of the molecule is CCCNC(C)c1ccc(OCc2ccc(F)cc2)cc1. The van der Waals surface area contributed by atoms with Crippen molar-refractivity contribution in [3.63, 3.8) is 0 Å². The summed E-state index contributed by atoms with van der Waals surface area (Å²) in [5.74, 6) is 0.599. The van der Waals surface area contributed by atoms with Crippen molar-refractivity contribution in [3.8, 4) is 5.75 Å². The Bertz CT molecular complexity index is 536. The van der Waals surface area contributed by atoms with Crippen molar-refractivity contribution in [1.29, 1.82) is 0 Å². The van der Waals surface area contributed by atoms with Crippen molar-refractivity contribution in [3.05, 3.63) is 65.5 Å². The van der Waals surface area contributed by atoms with Crippen LogP contribution >= 0.6 is 0 Å². The molecule has 0 radical (unpaired) electrons. The highest BCUT2D eigenvalue weighted by atomic mass is 19.1. The molecule has 0 saturated carbocycles. The summed E-state index contributed by atoms with van der Waals surface area (Å²) in [7, 11) is 0. The minimum Gasteiger partial charge on any atom is -0.489 e. The average molecular weight is 287 g/mol. The smallest absolute Gasteiger partial charge is 0.123 e. The summed E-state index contributed by atoms with van der Waals surface area (Å²) in [4.78, 5) is 0. The molecule has 2 rings (SSSR count). The summed E-state index contributed by atoms with van der Waals surface area (Å²) < 4.78 is 18.5. The maximum atomic E-state index is 12.8. The van der Waals surface area contributed by atoms with Crippen molar-refractivity contribution in [2.45, 2.75) is 32.9 Å². The fraction of sp³-hybridized carbons (Fsp3) is 0.333. The van der Waals surface area contributed by atoms with Crippen LogP contribution in [0.3, 0.4) is 0 Å². The molecule has 0 spiro atoms. The molecule has 0 aliphatic carbocycles. The van der Waals surface area contributed by atoms with E-state index >= 15 is 0 Å². The number of benzene rings is 2. The first-order valence-corrected chi connectivity index (χ1v) is 7.39. The molecule has 0 saturated heterocycles. The van der Waals surface area contributed by atoms with Gasteiger partial charge in [-0.1, -0.05) is 31.2 Å². The van der Waals surface area contributed by atoms with Crippen LogP contribution in [0.1, 0.15) is 37.4 Å². The first kappa shape index (κ1) is 15.5. The van der Waals surface area contributed by atoms with E-state index in [0.717, 1.165) is 24.3 Å². The number of nitrogens with one attached hydrogen (secondary N) is 1. The Morgan fingerprint density at radius 2 is 1.71 bits per heavy atom. The molecule has 2 aromatic carbocycles. The maximum Gasteiger partial charge on any atom is 0.123 e. The van der Waals surface area contributed by atoms with E-state index in [1.807, 2.05) is 12.1 Å². The van der Waals surface area contributed by atoms with Crippen molar-refractivity contribution >= 4 is 0 Å². The van der Waals surface area contributed by atoms with Gasteiger partial charge in [0, 0.05) is 6.04 Å². The molecule has 0 heterocycles. The van der Waals surface area contributed by atoms with E-state index in [1.165, 1.54) is 17.7 Å². The molecule has 0 bridgehead atoms. The Labute approximate surface area is 126 Å². The summed E-state index contributed by atoms with van der Waals surface area (Å²) in [5, 5.41) is 3.45. The zero-order valence-electron chi connectivity index (χ0n) is 12.6. The summed E-state index contributed by atoms with van der Waals surface area (Å²) in [6.07, 6.45) is 1.13. The number of hydrogen-bond acceptors (Lipinski definition) is 2. The van der Waals surface area contributed by atoms with Gasteiger partial charge in [-0.3, -0.25) is 0 Å². The fourth-order valence-electron chi connectivity index (χ4n) is 2.08. The molecule has 1 atom stereocenters. The van der Waals surface area contributed by atoms with Gasteiger partial charge in [-0.2, -0.15) is 0 Å². The molecule has 21 heavy (non-hydrogen) atoms. The van der Waals surface area contributed by atoms with Gasteiger partial charge in [0.25, 0.3) is 0 Å². The fourth-order valence-corrected chi connectivity index (χ4v) is 2.08. The molecular formula is C18H22FNO. The van der Waals surface area contributed by atoms with Gasteiger partial charge in [-0.05, 0) is 55.3 Å². The molecule has 1 unspecified atom stereocenters. The quantitative estimate of drug-likeness (QED) is 0.811. The molecule has 2 nitrogen and oxygen atoms in total. The molecular weight excluding hydrogens is 265 g/mol. The highest BCUT2D eigenvalue weighted by Crippen LogP contribution is 2.18. The highest BCUT2D eigenvalue weighted by molar-refractivity contribution is 5.29. The number of halogens is 1. The normalized spacial score (nSPS) is 12.1. The molecule has 0 aromatic heterocycles. The first-order chi connectivity index (χ1) is 10.2. The first-order valence-electron chi connectivity index (χ1n) is 7.39. The Morgan fingerprint density at radius 3 is 2.33 bits per heavy atom. The lowest BCUT2D eigenvalue weighted by Gasteiger charge is -2.14. The Balaban J connectivity index is 1.88. The van der Waals surface area contributed by atoms with E-state index in [-0.39, 0.29) is 5.82 Å². The van der Waals surface area contributed by atoms with Gasteiger partial charge in [-0.25, -0.2) is 4.39 Å². The van der Waals surface area contributed by atoms with Crippen molar-refractivity contribution in [1.82, 2.24) is 5.32 Å². The zero-order valence-corrected chi connectivity index (χ0v) is 12.6. The Kier molecular flexibility index (Phi) is 5.76. The Hall–Kier alpha value is -1.87. The second-order valence-corrected chi connectivity index (χ2v) is 5.16. The van der Waals surface area contributed by atoms with Crippen LogP contribution in [0.2, 0.25) is 0 Å². The van der Waals surface area contributed by atoms with Crippen molar-refractivity contribution in [2.24, 2.45) is 0 Å². The summed E-state index contributed by atoms with van der Waals surface area (Å²) in [6.45, 7) is 5.78. The third-order valence-electron chi connectivity index (χ3n) is 3.40. The summed E-state index contributed by atoms with van der Waals surface area (Å²) in [5.41, 5.74) is 2.20. The molecule has 0 fully saturated rings. The molecule has 0 amide bonds. The van der Waals surface area contributed by atoms with Gasteiger partial charge in [-0.15, -0.1) is 0 Å². The van der Waals surface area contributed by atoms with Gasteiger partial charge in [0.1, 0.15) is 18.2 Å². The zero-order chi connectivity index (χ0) is 15.1. The van der Waals surface area contributed by atoms with Gasteiger partial charge in [0.05, 0.1) is 0 Å². The van der Waals surface area contributed by atoms with Crippen molar-refractivity contribution < 1.29 is 9.13 Å². The topological polar surface area (TPSA) is 21.3 Å². The highest BCUT2D eigenvalue weighted by Gasteiger charge is 2.04. The van der Waals surface area contributed by atoms with E-state index in [0.29, 0.717) is 12.6 Å². The summed E-state index contributed by atoms with van der Waals surface area (Å²) in [6, 6.07) is 14.8. The summed E-state index contributed by atoms with van der Waals surface area (Å²) >= 11 is 0. The van der Waals surface area contributed by atoms with E-state index in [9.17, 15) is 4.39 Å².